The van der Waals surface area contributed by atoms with E-state index in [4.69, 9.17) is 0 Å². The van der Waals surface area contributed by atoms with Crippen molar-refractivity contribution in [1.29, 1.82) is 0 Å². The summed E-state index contributed by atoms with van der Waals surface area (Å²) in [5.74, 6) is 0.709. The number of pyridine rings is 1. The summed E-state index contributed by atoms with van der Waals surface area (Å²) >= 11 is 1.39. The van der Waals surface area contributed by atoms with Gasteiger partial charge < -0.3 is 10.2 Å². The number of carbonyl (C=O) groups excluding carboxylic acids is 1. The molecule has 1 saturated heterocycles. The number of benzene rings is 1. The first-order chi connectivity index (χ1) is 16.2. The number of carbonyl (C=O) groups is 1. The van der Waals surface area contributed by atoms with Crippen molar-refractivity contribution in [3.8, 4) is 5.69 Å². The highest BCUT2D eigenvalue weighted by atomic mass is 32.2. The Bertz CT molecular complexity index is 1120. The third kappa shape index (κ3) is 5.91. The van der Waals surface area contributed by atoms with E-state index in [0.29, 0.717) is 31.7 Å². The monoisotopic (exact) mass is 489 g/mol. The number of hydrogen-bond acceptors (Lipinski definition) is 5. The van der Waals surface area contributed by atoms with E-state index in [2.05, 4.69) is 33.5 Å². The lowest BCUT2D eigenvalue weighted by atomic mass is 10.0. The second-order valence-corrected chi connectivity index (χ2v) is 9.39. The number of amides is 1. The highest BCUT2D eigenvalue weighted by molar-refractivity contribution is 7.99. The van der Waals surface area contributed by atoms with E-state index in [9.17, 15) is 18.0 Å². The molecule has 3 aromatic rings. The summed E-state index contributed by atoms with van der Waals surface area (Å²) in [6, 6.07) is 8.75. The molecule has 1 aliphatic rings. The van der Waals surface area contributed by atoms with E-state index >= 15 is 0 Å². The van der Waals surface area contributed by atoms with Crippen molar-refractivity contribution >= 4 is 23.5 Å². The van der Waals surface area contributed by atoms with Crippen LogP contribution in [0.3, 0.4) is 0 Å². The van der Waals surface area contributed by atoms with Gasteiger partial charge in [0.05, 0.1) is 11.3 Å². The molecule has 1 aliphatic heterocycles. The molecule has 180 valence electrons. The maximum Gasteiger partial charge on any atom is 0.417 e. The fourth-order valence-corrected chi connectivity index (χ4v) is 4.86. The van der Waals surface area contributed by atoms with E-state index < -0.39 is 11.7 Å². The number of alkyl halides is 3. The minimum absolute atomic E-state index is 0.0259. The van der Waals surface area contributed by atoms with Crippen molar-refractivity contribution < 1.29 is 18.0 Å². The van der Waals surface area contributed by atoms with Gasteiger partial charge >= 0.3 is 6.18 Å². The topological polar surface area (TPSA) is 63.1 Å². The summed E-state index contributed by atoms with van der Waals surface area (Å²) in [7, 11) is 0. The van der Waals surface area contributed by atoms with Crippen LogP contribution in [0, 0.1) is 13.8 Å². The maximum atomic E-state index is 12.7. The molecule has 0 atom stereocenters. The first-order valence-electron chi connectivity index (χ1n) is 11.0. The molecule has 0 spiro atoms. The fourth-order valence-electron chi connectivity index (χ4n) is 4.08. The molecule has 10 heteroatoms. The highest BCUT2D eigenvalue weighted by Crippen LogP contribution is 2.30. The average Bonchev–Trinajstić information content (AvgIpc) is 3.26. The largest absolute Gasteiger partial charge is 0.417 e. The Morgan fingerprint density at radius 2 is 1.82 bits per heavy atom. The molecule has 1 aromatic carbocycles. The minimum atomic E-state index is -4.39. The van der Waals surface area contributed by atoms with Gasteiger partial charge in [-0.05, 0) is 62.1 Å². The lowest BCUT2D eigenvalue weighted by Gasteiger charge is -2.33. The van der Waals surface area contributed by atoms with E-state index in [-0.39, 0.29) is 17.7 Å². The number of halogens is 3. The molecule has 1 amide bonds. The minimum Gasteiger partial charge on any atom is -0.356 e. The molecule has 0 bridgehead atoms. The van der Waals surface area contributed by atoms with Crippen LogP contribution in [-0.2, 0) is 11.0 Å². The number of nitrogens with one attached hydrogen (secondary N) is 1. The van der Waals surface area contributed by atoms with Gasteiger partial charge in [0.1, 0.15) is 5.82 Å². The van der Waals surface area contributed by atoms with Crippen LogP contribution in [0.25, 0.3) is 5.69 Å². The fraction of sp³-hybridized carbons (Fsp3) is 0.375. The van der Waals surface area contributed by atoms with Crippen molar-refractivity contribution in [1.82, 2.24) is 19.9 Å². The van der Waals surface area contributed by atoms with E-state index in [1.165, 1.54) is 17.8 Å². The summed E-state index contributed by atoms with van der Waals surface area (Å²) in [6.07, 6.45) is 1.49. The van der Waals surface area contributed by atoms with Crippen LogP contribution < -0.4 is 10.2 Å². The molecule has 0 aliphatic carbocycles. The van der Waals surface area contributed by atoms with Crippen LogP contribution in [0.1, 0.15) is 29.5 Å². The zero-order valence-electron chi connectivity index (χ0n) is 19.0. The van der Waals surface area contributed by atoms with Gasteiger partial charge in [0.2, 0.25) is 5.91 Å². The zero-order chi connectivity index (χ0) is 24.3. The van der Waals surface area contributed by atoms with Gasteiger partial charge in [-0.15, -0.1) is 0 Å². The van der Waals surface area contributed by atoms with E-state index in [0.717, 1.165) is 34.2 Å². The predicted octanol–water partition coefficient (Wildman–Crippen LogP) is 4.78. The normalized spacial score (nSPS) is 14.9. The predicted molar refractivity (Wildman–Crippen MR) is 126 cm³/mol. The summed E-state index contributed by atoms with van der Waals surface area (Å²) in [5, 5.41) is 3.82. The number of anilines is 1. The summed E-state index contributed by atoms with van der Waals surface area (Å²) in [6.45, 7) is 5.33. The van der Waals surface area contributed by atoms with Crippen LogP contribution >= 0.6 is 11.8 Å². The Labute approximate surface area is 200 Å². The van der Waals surface area contributed by atoms with Gasteiger partial charge in [-0.1, -0.05) is 17.8 Å². The molecule has 6 nitrogen and oxygen atoms in total. The van der Waals surface area contributed by atoms with Gasteiger partial charge in [0.15, 0.2) is 5.16 Å². The summed E-state index contributed by atoms with van der Waals surface area (Å²) < 4.78 is 40.2. The van der Waals surface area contributed by atoms with Gasteiger partial charge in [-0.25, -0.2) is 9.97 Å². The number of piperidine rings is 1. The molecule has 0 unspecified atom stereocenters. The number of imidazole rings is 1. The molecule has 34 heavy (non-hydrogen) atoms. The molecule has 3 heterocycles. The molecule has 1 fully saturated rings. The Morgan fingerprint density at radius 1 is 1.12 bits per heavy atom. The third-order valence-electron chi connectivity index (χ3n) is 5.68. The first kappa shape index (κ1) is 24.1. The second kappa shape index (κ2) is 10.1. The highest BCUT2D eigenvalue weighted by Gasteiger charge is 2.31. The molecule has 2 aromatic heterocycles. The molecule has 0 radical (unpaired) electrons. The first-order valence-corrected chi connectivity index (χ1v) is 12.0. The Balaban J connectivity index is 1.27. The zero-order valence-corrected chi connectivity index (χ0v) is 19.8. The van der Waals surface area contributed by atoms with Crippen LogP contribution in [0.4, 0.5) is 19.0 Å². The molecular weight excluding hydrogens is 463 g/mol. The van der Waals surface area contributed by atoms with Crippen LogP contribution in [0.5, 0.6) is 0 Å². The number of aromatic nitrogens is 3. The van der Waals surface area contributed by atoms with Gasteiger partial charge in [-0.2, -0.15) is 13.2 Å². The number of hydrogen-bond donors (Lipinski definition) is 1. The molecule has 0 saturated carbocycles. The van der Waals surface area contributed by atoms with Gasteiger partial charge in [-0.3, -0.25) is 9.36 Å². The average molecular weight is 490 g/mol. The number of aryl methyl sites for hydroxylation is 2. The lowest BCUT2D eigenvalue weighted by Crippen LogP contribution is -2.45. The van der Waals surface area contributed by atoms with E-state index in [1.807, 2.05) is 29.5 Å². The quantitative estimate of drug-likeness (QED) is 0.505. The molecule has 1 N–H and O–H groups in total. The van der Waals surface area contributed by atoms with Crippen LogP contribution in [0.2, 0.25) is 0 Å². The maximum absolute atomic E-state index is 12.7. The van der Waals surface area contributed by atoms with Crippen molar-refractivity contribution in [3.63, 3.8) is 0 Å². The smallest absolute Gasteiger partial charge is 0.356 e. The standard InChI is InChI=1S/C24H26F3N5OS/c1-16-11-17(2)13-20(12-16)32-10-7-28-23(32)34-15-22(33)30-19-5-8-31(9-6-19)21-4-3-18(14-29-21)24(25,26)27/h3-4,7,10-14,19H,5-6,8-9,15H2,1-2H3,(H,30,33). The van der Waals surface area contributed by atoms with Crippen LogP contribution in [-0.4, -0.2) is 45.3 Å². The van der Waals surface area contributed by atoms with Crippen LogP contribution in [0.15, 0.2) is 54.1 Å². The summed E-state index contributed by atoms with van der Waals surface area (Å²) in [5.41, 5.74) is 2.58. The summed E-state index contributed by atoms with van der Waals surface area (Å²) in [4.78, 5) is 22.8. The molecular formula is C24H26F3N5OS. The Hall–Kier alpha value is -3.01. The van der Waals surface area contributed by atoms with Crippen molar-refractivity contribution in [2.75, 3.05) is 23.7 Å². The Morgan fingerprint density at radius 3 is 2.44 bits per heavy atom. The second-order valence-electron chi connectivity index (χ2n) is 8.45. The number of nitrogens with zero attached hydrogens (tertiary/aromatic N) is 4. The number of thioether (sulfide) groups is 1. The van der Waals surface area contributed by atoms with Gasteiger partial charge in [0.25, 0.3) is 0 Å². The third-order valence-corrected chi connectivity index (χ3v) is 6.65. The SMILES string of the molecule is Cc1cc(C)cc(-n2ccnc2SCC(=O)NC2CCN(c3ccc(C(F)(F)F)cn3)CC2)c1. The number of rotatable bonds is 6. The van der Waals surface area contributed by atoms with E-state index in [1.54, 1.807) is 6.20 Å². The molecule has 4 rings (SSSR count). The van der Waals surface area contributed by atoms with Crippen molar-refractivity contribution in [2.24, 2.45) is 0 Å². The van der Waals surface area contributed by atoms with Crippen molar-refractivity contribution in [3.05, 3.63) is 65.6 Å². The lowest BCUT2D eigenvalue weighted by molar-refractivity contribution is -0.137. The van der Waals surface area contributed by atoms with Crippen molar-refractivity contribution in [2.45, 2.75) is 44.1 Å². The Kier molecular flexibility index (Phi) is 7.16. The van der Waals surface area contributed by atoms with Gasteiger partial charge in [0, 0.05) is 43.4 Å².